The van der Waals surface area contributed by atoms with Gasteiger partial charge in [0.2, 0.25) is 0 Å². The first-order valence-corrected chi connectivity index (χ1v) is 5.92. The minimum atomic E-state index is -4.42. The lowest BCUT2D eigenvalue weighted by molar-refractivity contribution is -0.139. The molecule has 0 spiro atoms. The van der Waals surface area contributed by atoms with E-state index < -0.39 is 11.7 Å². The molecule has 2 aromatic carbocycles. The van der Waals surface area contributed by atoms with Gasteiger partial charge in [-0.15, -0.1) is 0 Å². The molecular weight excluding hydrogens is 269 g/mol. The van der Waals surface area contributed by atoms with E-state index in [9.17, 15) is 13.2 Å². The molecule has 0 unspecified atom stereocenters. The quantitative estimate of drug-likeness (QED) is 0.832. The number of hydrogen-bond donors (Lipinski definition) is 0. The Kier molecular flexibility index (Phi) is 4.17. The second-order valence-electron chi connectivity index (χ2n) is 4.13. The smallest absolute Gasteiger partial charge is 0.419 e. The molecule has 0 amide bonds. The fraction of sp³-hybridized carbons (Fsp3) is 0.200. The van der Waals surface area contributed by atoms with E-state index in [-0.39, 0.29) is 12.4 Å². The van der Waals surface area contributed by atoms with Crippen LogP contribution in [0.4, 0.5) is 13.2 Å². The first kappa shape index (κ1) is 14.2. The summed E-state index contributed by atoms with van der Waals surface area (Å²) in [5.74, 6) is 0.514. The summed E-state index contributed by atoms with van der Waals surface area (Å²) < 4.78 is 48.6. The van der Waals surface area contributed by atoms with Crippen molar-refractivity contribution in [3.05, 3.63) is 59.7 Å². The van der Waals surface area contributed by atoms with Crippen molar-refractivity contribution < 1.29 is 22.6 Å². The molecule has 0 saturated heterocycles. The maximum absolute atomic E-state index is 12.8. The molecule has 0 aliphatic carbocycles. The van der Waals surface area contributed by atoms with Gasteiger partial charge >= 0.3 is 6.18 Å². The van der Waals surface area contributed by atoms with Crippen LogP contribution in [0.15, 0.2) is 48.5 Å². The molecule has 0 aromatic heterocycles. The van der Waals surface area contributed by atoms with Crippen LogP contribution in [-0.4, -0.2) is 7.11 Å². The number of hydrogen-bond acceptors (Lipinski definition) is 2. The molecule has 20 heavy (non-hydrogen) atoms. The van der Waals surface area contributed by atoms with Gasteiger partial charge in [-0.25, -0.2) is 0 Å². The van der Waals surface area contributed by atoms with Crippen molar-refractivity contribution in [2.45, 2.75) is 12.8 Å². The predicted octanol–water partition coefficient (Wildman–Crippen LogP) is 4.29. The van der Waals surface area contributed by atoms with Crippen molar-refractivity contribution in [1.29, 1.82) is 0 Å². The van der Waals surface area contributed by atoms with Crippen LogP contribution in [0.5, 0.6) is 11.5 Å². The predicted molar refractivity (Wildman–Crippen MR) is 68.8 cm³/mol. The molecular formula is C15H13F3O2. The van der Waals surface area contributed by atoms with Crippen molar-refractivity contribution in [3.8, 4) is 11.5 Å². The highest BCUT2D eigenvalue weighted by molar-refractivity contribution is 5.36. The molecule has 0 N–H and O–H groups in total. The largest absolute Gasteiger partial charge is 0.497 e. The van der Waals surface area contributed by atoms with Crippen molar-refractivity contribution in [2.75, 3.05) is 7.11 Å². The Labute approximate surface area is 114 Å². The Bertz CT molecular complexity index is 562. The maximum atomic E-state index is 12.8. The highest BCUT2D eigenvalue weighted by atomic mass is 19.4. The van der Waals surface area contributed by atoms with E-state index >= 15 is 0 Å². The summed E-state index contributed by atoms with van der Waals surface area (Å²) in [6.07, 6.45) is -4.42. The van der Waals surface area contributed by atoms with Crippen LogP contribution < -0.4 is 9.47 Å². The lowest BCUT2D eigenvalue weighted by Gasteiger charge is -2.13. The first-order valence-electron chi connectivity index (χ1n) is 5.92. The summed E-state index contributed by atoms with van der Waals surface area (Å²) in [4.78, 5) is 0. The van der Waals surface area contributed by atoms with Crippen LogP contribution in [0.2, 0.25) is 0 Å². The molecule has 106 valence electrons. The Morgan fingerprint density at radius 2 is 1.60 bits per heavy atom. The molecule has 0 saturated carbocycles. The molecule has 0 heterocycles. The van der Waals surface area contributed by atoms with E-state index in [0.717, 1.165) is 11.6 Å². The summed E-state index contributed by atoms with van der Waals surface area (Å²) in [5.41, 5.74) is -0.00344. The summed E-state index contributed by atoms with van der Waals surface area (Å²) in [5, 5.41) is 0. The van der Waals surface area contributed by atoms with Crippen LogP contribution in [0.3, 0.4) is 0 Å². The Morgan fingerprint density at radius 1 is 0.950 bits per heavy atom. The number of alkyl halides is 3. The van der Waals surface area contributed by atoms with E-state index in [1.165, 1.54) is 18.2 Å². The second kappa shape index (κ2) is 5.86. The van der Waals surface area contributed by atoms with Gasteiger partial charge in [-0.05, 0) is 29.8 Å². The van der Waals surface area contributed by atoms with E-state index in [4.69, 9.17) is 9.47 Å². The first-order chi connectivity index (χ1) is 9.50. The van der Waals surface area contributed by atoms with Gasteiger partial charge in [0.15, 0.2) is 0 Å². The van der Waals surface area contributed by atoms with Gasteiger partial charge in [-0.2, -0.15) is 13.2 Å². The van der Waals surface area contributed by atoms with E-state index in [0.29, 0.717) is 5.75 Å². The van der Waals surface area contributed by atoms with E-state index in [1.807, 2.05) is 0 Å². The number of methoxy groups -OCH3 is 1. The number of para-hydroxylation sites is 1. The highest BCUT2D eigenvalue weighted by Crippen LogP contribution is 2.36. The van der Waals surface area contributed by atoms with Crippen molar-refractivity contribution in [2.24, 2.45) is 0 Å². The zero-order valence-corrected chi connectivity index (χ0v) is 10.8. The Morgan fingerprint density at radius 3 is 2.20 bits per heavy atom. The van der Waals surface area contributed by atoms with Gasteiger partial charge < -0.3 is 9.47 Å². The third-order valence-corrected chi connectivity index (χ3v) is 2.75. The summed E-state index contributed by atoms with van der Waals surface area (Å²) >= 11 is 0. The molecule has 0 aliphatic heterocycles. The van der Waals surface area contributed by atoms with E-state index in [1.54, 1.807) is 31.4 Å². The van der Waals surface area contributed by atoms with Gasteiger partial charge in [-0.3, -0.25) is 0 Å². The summed E-state index contributed by atoms with van der Waals surface area (Å²) in [7, 11) is 1.55. The fourth-order valence-corrected chi connectivity index (χ4v) is 1.71. The SMILES string of the molecule is COc1ccc(COc2ccccc2C(F)(F)F)cc1. The monoisotopic (exact) mass is 282 g/mol. The second-order valence-corrected chi connectivity index (χ2v) is 4.13. The van der Waals surface area contributed by atoms with Gasteiger partial charge in [-0.1, -0.05) is 24.3 Å². The molecule has 0 radical (unpaired) electrons. The number of benzene rings is 2. The van der Waals surface area contributed by atoms with Crippen LogP contribution >= 0.6 is 0 Å². The van der Waals surface area contributed by atoms with Crippen molar-refractivity contribution >= 4 is 0 Å². The Hall–Kier alpha value is -2.17. The van der Waals surface area contributed by atoms with Gasteiger partial charge in [0.05, 0.1) is 12.7 Å². The highest BCUT2D eigenvalue weighted by Gasteiger charge is 2.33. The third kappa shape index (κ3) is 3.44. The lowest BCUT2D eigenvalue weighted by atomic mass is 10.2. The number of ether oxygens (including phenoxy) is 2. The minimum absolute atomic E-state index is 0.0666. The zero-order chi connectivity index (χ0) is 14.6. The van der Waals surface area contributed by atoms with Crippen molar-refractivity contribution in [1.82, 2.24) is 0 Å². The standard InChI is InChI=1S/C15H13F3O2/c1-19-12-8-6-11(7-9-12)10-20-14-5-3-2-4-13(14)15(16,17)18/h2-9H,10H2,1H3. The van der Waals surface area contributed by atoms with Crippen LogP contribution in [0.1, 0.15) is 11.1 Å². The van der Waals surface area contributed by atoms with E-state index in [2.05, 4.69) is 0 Å². The minimum Gasteiger partial charge on any atom is -0.497 e. The fourth-order valence-electron chi connectivity index (χ4n) is 1.71. The average molecular weight is 282 g/mol. The van der Waals surface area contributed by atoms with Crippen LogP contribution in [-0.2, 0) is 12.8 Å². The Balaban J connectivity index is 2.10. The van der Waals surface area contributed by atoms with Gasteiger partial charge in [0, 0.05) is 0 Å². The van der Waals surface area contributed by atoms with Gasteiger partial charge in [0.1, 0.15) is 18.1 Å². The van der Waals surface area contributed by atoms with Crippen molar-refractivity contribution in [3.63, 3.8) is 0 Å². The molecule has 0 aliphatic rings. The number of rotatable bonds is 4. The maximum Gasteiger partial charge on any atom is 0.419 e. The molecule has 5 heteroatoms. The normalized spacial score (nSPS) is 11.2. The average Bonchev–Trinajstić information content (AvgIpc) is 2.45. The molecule has 0 bridgehead atoms. The van der Waals surface area contributed by atoms with Crippen LogP contribution in [0.25, 0.3) is 0 Å². The molecule has 2 aromatic rings. The zero-order valence-electron chi connectivity index (χ0n) is 10.8. The van der Waals surface area contributed by atoms with Gasteiger partial charge in [0.25, 0.3) is 0 Å². The molecule has 0 fully saturated rings. The van der Waals surface area contributed by atoms with Crippen LogP contribution in [0, 0.1) is 0 Å². The molecule has 2 nitrogen and oxygen atoms in total. The summed E-state index contributed by atoms with van der Waals surface area (Å²) in [6.45, 7) is 0.0666. The topological polar surface area (TPSA) is 18.5 Å². The molecule has 2 rings (SSSR count). The third-order valence-electron chi connectivity index (χ3n) is 2.75. The number of halogens is 3. The summed E-state index contributed by atoms with van der Waals surface area (Å²) in [6, 6.07) is 12.1. The molecule has 0 atom stereocenters. The lowest BCUT2D eigenvalue weighted by Crippen LogP contribution is -2.08.